The normalized spacial score (nSPS) is 14.3. The molecule has 0 saturated carbocycles. The second kappa shape index (κ2) is 5.71. The Morgan fingerprint density at radius 1 is 1.10 bits per heavy atom. The van der Waals surface area contributed by atoms with Gasteiger partial charge in [-0.3, -0.25) is 0 Å². The van der Waals surface area contributed by atoms with Crippen LogP contribution in [0.15, 0.2) is 40.9 Å². The lowest BCUT2D eigenvalue weighted by atomic mass is 9.91. The van der Waals surface area contributed by atoms with E-state index < -0.39 is 14.6 Å². The van der Waals surface area contributed by atoms with Crippen LogP contribution in [0.1, 0.15) is 25.5 Å². The standard InChI is InChI=1S/C16H20BrNO2S/c1-16(2,21(4,19)20)15(18-3)13-9-10-14(17)12-8-6-5-7-11(12)13/h5-10,15,18H,1-4H3. The van der Waals surface area contributed by atoms with E-state index in [0.717, 1.165) is 20.8 Å². The second-order valence-corrected chi connectivity index (χ2v) is 9.23. The number of benzene rings is 2. The number of sulfone groups is 1. The van der Waals surface area contributed by atoms with Crippen molar-refractivity contribution in [3.63, 3.8) is 0 Å². The summed E-state index contributed by atoms with van der Waals surface area (Å²) in [4.78, 5) is 0. The van der Waals surface area contributed by atoms with E-state index >= 15 is 0 Å². The molecule has 0 amide bonds. The largest absolute Gasteiger partial charge is 0.312 e. The Bertz CT molecular complexity index is 769. The molecular weight excluding hydrogens is 350 g/mol. The molecule has 0 bridgehead atoms. The summed E-state index contributed by atoms with van der Waals surface area (Å²) in [6, 6.07) is 11.7. The summed E-state index contributed by atoms with van der Waals surface area (Å²) in [5.41, 5.74) is 0.992. The maximum absolute atomic E-state index is 12.2. The lowest BCUT2D eigenvalue weighted by Crippen LogP contribution is -2.43. The Morgan fingerprint density at radius 2 is 1.67 bits per heavy atom. The Morgan fingerprint density at radius 3 is 2.19 bits per heavy atom. The molecule has 0 fully saturated rings. The van der Waals surface area contributed by atoms with E-state index in [1.54, 1.807) is 20.9 Å². The highest BCUT2D eigenvalue weighted by atomic mass is 79.9. The highest BCUT2D eigenvalue weighted by Gasteiger charge is 2.39. The Hall–Kier alpha value is -0.910. The smallest absolute Gasteiger partial charge is 0.154 e. The van der Waals surface area contributed by atoms with Crippen LogP contribution in [-0.4, -0.2) is 26.5 Å². The summed E-state index contributed by atoms with van der Waals surface area (Å²) in [6.07, 6.45) is 1.29. The maximum Gasteiger partial charge on any atom is 0.154 e. The van der Waals surface area contributed by atoms with Gasteiger partial charge in [-0.15, -0.1) is 0 Å². The Labute approximate surface area is 134 Å². The highest BCUT2D eigenvalue weighted by molar-refractivity contribution is 9.10. The van der Waals surface area contributed by atoms with Gasteiger partial charge >= 0.3 is 0 Å². The molecule has 114 valence electrons. The summed E-state index contributed by atoms with van der Waals surface area (Å²) in [5.74, 6) is 0. The van der Waals surface area contributed by atoms with Gasteiger partial charge in [0.05, 0.1) is 10.8 Å². The van der Waals surface area contributed by atoms with Crippen molar-refractivity contribution >= 4 is 36.5 Å². The van der Waals surface area contributed by atoms with Gasteiger partial charge in [-0.25, -0.2) is 8.42 Å². The highest BCUT2D eigenvalue weighted by Crippen LogP contribution is 2.37. The van der Waals surface area contributed by atoms with E-state index in [1.807, 2.05) is 36.4 Å². The molecule has 5 heteroatoms. The molecule has 21 heavy (non-hydrogen) atoms. The fraction of sp³-hybridized carbons (Fsp3) is 0.375. The first-order chi connectivity index (χ1) is 9.70. The molecule has 0 radical (unpaired) electrons. The zero-order valence-corrected chi connectivity index (χ0v) is 15.0. The molecule has 0 saturated heterocycles. The summed E-state index contributed by atoms with van der Waals surface area (Å²) in [6.45, 7) is 3.53. The van der Waals surface area contributed by atoms with Crippen molar-refractivity contribution in [3.8, 4) is 0 Å². The summed E-state index contributed by atoms with van der Waals surface area (Å²) >= 11 is 3.55. The molecule has 1 atom stereocenters. The lowest BCUT2D eigenvalue weighted by Gasteiger charge is -2.33. The molecule has 1 N–H and O–H groups in total. The Balaban J connectivity index is 2.73. The predicted octanol–water partition coefficient (Wildman–Crippen LogP) is 3.69. The zero-order valence-electron chi connectivity index (χ0n) is 12.6. The van der Waals surface area contributed by atoms with E-state index in [0.29, 0.717) is 0 Å². The van der Waals surface area contributed by atoms with E-state index in [2.05, 4.69) is 21.2 Å². The van der Waals surface area contributed by atoms with Gasteiger partial charge in [0.1, 0.15) is 0 Å². The third-order valence-electron chi connectivity index (χ3n) is 4.16. The van der Waals surface area contributed by atoms with Gasteiger partial charge in [0.25, 0.3) is 0 Å². The fourth-order valence-corrected chi connectivity index (χ4v) is 3.78. The van der Waals surface area contributed by atoms with Gasteiger partial charge in [0.2, 0.25) is 0 Å². The summed E-state index contributed by atoms with van der Waals surface area (Å²) in [7, 11) is -1.41. The van der Waals surface area contributed by atoms with Crippen LogP contribution in [0.5, 0.6) is 0 Å². The monoisotopic (exact) mass is 369 g/mol. The topological polar surface area (TPSA) is 46.2 Å². The zero-order chi connectivity index (χ0) is 15.8. The van der Waals surface area contributed by atoms with Crippen LogP contribution in [0.2, 0.25) is 0 Å². The first kappa shape index (κ1) is 16.5. The Kier molecular flexibility index (Phi) is 4.47. The average Bonchev–Trinajstić information content (AvgIpc) is 2.41. The molecule has 1 unspecified atom stereocenters. The van der Waals surface area contributed by atoms with Gasteiger partial charge in [0.15, 0.2) is 9.84 Å². The van der Waals surface area contributed by atoms with Crippen molar-refractivity contribution in [2.24, 2.45) is 0 Å². The number of hydrogen-bond donors (Lipinski definition) is 1. The molecule has 0 spiro atoms. The molecule has 0 heterocycles. The first-order valence-corrected chi connectivity index (χ1v) is 9.42. The van der Waals surface area contributed by atoms with Crippen molar-refractivity contribution in [1.82, 2.24) is 5.32 Å². The quantitative estimate of drug-likeness (QED) is 0.893. The minimum atomic E-state index is -3.21. The minimum Gasteiger partial charge on any atom is -0.312 e. The van der Waals surface area contributed by atoms with Gasteiger partial charge in [-0.1, -0.05) is 46.3 Å². The van der Waals surface area contributed by atoms with E-state index in [-0.39, 0.29) is 6.04 Å². The van der Waals surface area contributed by atoms with Crippen molar-refractivity contribution in [2.75, 3.05) is 13.3 Å². The minimum absolute atomic E-state index is 0.287. The van der Waals surface area contributed by atoms with Crippen molar-refractivity contribution in [1.29, 1.82) is 0 Å². The van der Waals surface area contributed by atoms with Crippen LogP contribution >= 0.6 is 15.9 Å². The SMILES string of the molecule is CNC(c1ccc(Br)c2ccccc12)C(C)(C)S(C)(=O)=O. The molecule has 0 aliphatic heterocycles. The number of fused-ring (bicyclic) bond motifs is 1. The van der Waals surface area contributed by atoms with Crippen LogP contribution < -0.4 is 5.32 Å². The van der Waals surface area contributed by atoms with Crippen molar-refractivity contribution in [2.45, 2.75) is 24.6 Å². The molecule has 2 rings (SSSR count). The molecule has 2 aromatic carbocycles. The fourth-order valence-electron chi connectivity index (χ4n) is 2.63. The average molecular weight is 370 g/mol. The molecule has 0 aromatic heterocycles. The summed E-state index contributed by atoms with van der Waals surface area (Å²) < 4.78 is 24.5. The van der Waals surface area contributed by atoms with Gasteiger partial charge in [-0.05, 0) is 43.3 Å². The molecule has 2 aromatic rings. The maximum atomic E-state index is 12.2. The predicted molar refractivity (Wildman–Crippen MR) is 92.4 cm³/mol. The van der Waals surface area contributed by atoms with Crippen molar-refractivity contribution in [3.05, 3.63) is 46.4 Å². The number of rotatable bonds is 4. The van der Waals surface area contributed by atoms with Crippen LogP contribution in [0.4, 0.5) is 0 Å². The molecule has 0 aliphatic rings. The number of hydrogen-bond acceptors (Lipinski definition) is 3. The van der Waals surface area contributed by atoms with Gasteiger partial charge in [-0.2, -0.15) is 0 Å². The van der Waals surface area contributed by atoms with Crippen LogP contribution in [0.25, 0.3) is 10.8 Å². The van der Waals surface area contributed by atoms with Crippen LogP contribution in [-0.2, 0) is 9.84 Å². The molecule has 3 nitrogen and oxygen atoms in total. The van der Waals surface area contributed by atoms with Crippen molar-refractivity contribution < 1.29 is 8.42 Å². The third kappa shape index (κ3) is 2.87. The van der Waals surface area contributed by atoms with Crippen LogP contribution in [0, 0.1) is 0 Å². The third-order valence-corrected chi connectivity index (χ3v) is 6.99. The van der Waals surface area contributed by atoms with Gasteiger partial charge < -0.3 is 5.32 Å². The lowest BCUT2D eigenvalue weighted by molar-refractivity contribution is 0.448. The molecular formula is C16H20BrNO2S. The molecule has 0 aliphatic carbocycles. The van der Waals surface area contributed by atoms with Gasteiger partial charge in [0, 0.05) is 10.7 Å². The van der Waals surface area contributed by atoms with Crippen LogP contribution in [0.3, 0.4) is 0 Å². The second-order valence-electron chi connectivity index (χ2n) is 5.78. The van der Waals surface area contributed by atoms with E-state index in [9.17, 15) is 8.42 Å². The summed E-state index contributed by atoms with van der Waals surface area (Å²) in [5, 5.41) is 5.32. The number of halogens is 1. The van der Waals surface area contributed by atoms with E-state index in [1.165, 1.54) is 6.26 Å². The van der Waals surface area contributed by atoms with E-state index in [4.69, 9.17) is 0 Å². The first-order valence-electron chi connectivity index (χ1n) is 6.74. The number of nitrogens with one attached hydrogen (secondary N) is 1.